The van der Waals surface area contributed by atoms with E-state index in [9.17, 15) is 27.7 Å². The molecule has 0 aromatic heterocycles. The van der Waals surface area contributed by atoms with Gasteiger partial charge in [-0.15, -0.1) is 0 Å². The number of nitro groups is 1. The third kappa shape index (κ3) is 5.46. The number of anilines is 1. The van der Waals surface area contributed by atoms with Crippen LogP contribution in [0.5, 0.6) is 0 Å². The number of non-ortho nitro benzene ring substituents is 1. The van der Waals surface area contributed by atoms with Gasteiger partial charge in [0.1, 0.15) is 5.82 Å². The smallest absolute Gasteiger partial charge is 0.270 e. The molecule has 3 aromatic carbocycles. The average molecular weight is 457 g/mol. The van der Waals surface area contributed by atoms with E-state index in [4.69, 9.17) is 0 Å². The number of sulfonamides is 1. The Bertz CT molecular complexity index is 1250. The zero-order chi connectivity index (χ0) is 23.3. The number of amides is 1. The molecule has 0 atom stereocenters. The van der Waals surface area contributed by atoms with Gasteiger partial charge in [0.2, 0.25) is 0 Å². The van der Waals surface area contributed by atoms with Crippen molar-refractivity contribution in [3.05, 3.63) is 99.9 Å². The maximum absolute atomic E-state index is 13.4. The van der Waals surface area contributed by atoms with Crippen LogP contribution in [0, 0.1) is 15.9 Å². The van der Waals surface area contributed by atoms with Gasteiger partial charge in [0.05, 0.1) is 9.82 Å². The monoisotopic (exact) mass is 457 g/mol. The molecule has 0 unspecified atom stereocenters. The van der Waals surface area contributed by atoms with Crippen LogP contribution < -0.4 is 4.72 Å². The zero-order valence-corrected chi connectivity index (χ0v) is 17.9. The van der Waals surface area contributed by atoms with Gasteiger partial charge in [-0.1, -0.05) is 18.2 Å². The molecule has 1 N–H and O–H groups in total. The van der Waals surface area contributed by atoms with Crippen LogP contribution in [-0.4, -0.2) is 30.7 Å². The molecule has 3 aromatic rings. The highest BCUT2D eigenvalue weighted by molar-refractivity contribution is 7.92. The van der Waals surface area contributed by atoms with Crippen LogP contribution >= 0.6 is 0 Å². The molecule has 0 saturated heterocycles. The number of nitro benzene ring substituents is 1. The van der Waals surface area contributed by atoms with Crippen LogP contribution in [0.15, 0.2) is 77.7 Å². The van der Waals surface area contributed by atoms with E-state index in [1.54, 1.807) is 19.1 Å². The molecule has 0 aliphatic rings. The lowest BCUT2D eigenvalue weighted by Crippen LogP contribution is -2.30. The number of carbonyl (C=O) groups excluding carboxylic acids is 1. The molecule has 0 heterocycles. The third-order valence-corrected chi connectivity index (χ3v) is 6.03. The first kappa shape index (κ1) is 22.9. The molecule has 166 valence electrons. The van der Waals surface area contributed by atoms with Gasteiger partial charge in [0, 0.05) is 36.5 Å². The number of rotatable bonds is 8. The Labute approximate surface area is 184 Å². The fourth-order valence-electron chi connectivity index (χ4n) is 3.02. The van der Waals surface area contributed by atoms with Crippen LogP contribution in [0.1, 0.15) is 22.8 Å². The lowest BCUT2D eigenvalue weighted by Gasteiger charge is -2.21. The fourth-order valence-corrected chi connectivity index (χ4v) is 4.12. The summed E-state index contributed by atoms with van der Waals surface area (Å²) in [6.07, 6.45) is 0. The second-order valence-electron chi connectivity index (χ2n) is 6.89. The summed E-state index contributed by atoms with van der Waals surface area (Å²) < 4.78 is 40.8. The van der Waals surface area contributed by atoms with E-state index in [-0.39, 0.29) is 34.5 Å². The maximum atomic E-state index is 13.4. The second-order valence-corrected chi connectivity index (χ2v) is 8.57. The highest BCUT2D eigenvalue weighted by Crippen LogP contribution is 2.21. The normalized spacial score (nSPS) is 11.1. The molecule has 10 heteroatoms. The molecule has 0 radical (unpaired) electrons. The third-order valence-electron chi connectivity index (χ3n) is 4.65. The van der Waals surface area contributed by atoms with Crippen molar-refractivity contribution in [3.63, 3.8) is 0 Å². The summed E-state index contributed by atoms with van der Waals surface area (Å²) >= 11 is 0. The lowest BCUT2D eigenvalue weighted by atomic mass is 10.1. The molecule has 0 aliphatic carbocycles. The van der Waals surface area contributed by atoms with Crippen molar-refractivity contribution in [2.45, 2.75) is 18.4 Å². The first-order valence-corrected chi connectivity index (χ1v) is 11.1. The molecular weight excluding hydrogens is 437 g/mol. The van der Waals surface area contributed by atoms with E-state index in [2.05, 4.69) is 4.72 Å². The fraction of sp³-hybridized carbons (Fsp3) is 0.136. The summed E-state index contributed by atoms with van der Waals surface area (Å²) in [7, 11) is -4.05. The number of nitrogens with zero attached hydrogens (tertiary/aromatic N) is 2. The van der Waals surface area contributed by atoms with E-state index in [0.29, 0.717) is 17.7 Å². The van der Waals surface area contributed by atoms with Gasteiger partial charge in [-0.25, -0.2) is 12.8 Å². The number of nitrogens with one attached hydrogen (secondary N) is 1. The van der Waals surface area contributed by atoms with Crippen molar-refractivity contribution >= 4 is 27.3 Å². The van der Waals surface area contributed by atoms with E-state index < -0.39 is 14.9 Å². The average Bonchev–Trinajstić information content (AvgIpc) is 2.77. The van der Waals surface area contributed by atoms with Crippen LogP contribution in [0.3, 0.4) is 0 Å². The van der Waals surface area contributed by atoms with Crippen molar-refractivity contribution in [3.8, 4) is 0 Å². The molecule has 32 heavy (non-hydrogen) atoms. The molecule has 0 bridgehead atoms. The van der Waals surface area contributed by atoms with Gasteiger partial charge < -0.3 is 4.90 Å². The van der Waals surface area contributed by atoms with E-state index in [0.717, 1.165) is 6.07 Å². The molecule has 0 fully saturated rings. The Kier molecular flexibility index (Phi) is 6.84. The number of hydrogen-bond donors (Lipinski definition) is 1. The number of benzene rings is 3. The summed E-state index contributed by atoms with van der Waals surface area (Å²) in [5, 5.41) is 10.9. The van der Waals surface area contributed by atoms with Gasteiger partial charge in [-0.05, 0) is 55.0 Å². The quantitative estimate of drug-likeness (QED) is 0.403. The Morgan fingerprint density at radius 3 is 2.38 bits per heavy atom. The largest absolute Gasteiger partial charge is 0.335 e. The number of hydrogen-bond acceptors (Lipinski definition) is 5. The standard InChI is InChI=1S/C22H20FN3O5S/c1-2-25(15-16-5-3-6-18(23)13-16)22(27)17-9-11-19(12-10-17)24-32(30,31)21-8-4-7-20(14-21)26(28)29/h3-14,24H,2,15H2,1H3. The summed E-state index contributed by atoms with van der Waals surface area (Å²) in [5.74, 6) is -0.670. The molecule has 0 aliphatic heterocycles. The highest BCUT2D eigenvalue weighted by atomic mass is 32.2. The molecule has 0 spiro atoms. The SMILES string of the molecule is CCN(Cc1cccc(F)c1)C(=O)c1ccc(NS(=O)(=O)c2cccc([N+](=O)[O-])c2)cc1. The summed E-state index contributed by atoms with van der Waals surface area (Å²) in [4.78, 5) is 24.3. The van der Waals surface area contributed by atoms with Gasteiger partial charge in [0.25, 0.3) is 21.6 Å². The highest BCUT2D eigenvalue weighted by Gasteiger charge is 2.19. The molecule has 0 saturated carbocycles. The van der Waals surface area contributed by atoms with Crippen molar-refractivity contribution in [1.82, 2.24) is 4.90 Å². The van der Waals surface area contributed by atoms with Crippen LogP contribution in [0.2, 0.25) is 0 Å². The Balaban J connectivity index is 1.74. The van der Waals surface area contributed by atoms with Gasteiger partial charge in [0.15, 0.2) is 0 Å². The second kappa shape index (κ2) is 9.56. The van der Waals surface area contributed by atoms with Gasteiger partial charge >= 0.3 is 0 Å². The van der Waals surface area contributed by atoms with Gasteiger partial charge in [-0.2, -0.15) is 0 Å². The Morgan fingerprint density at radius 2 is 1.75 bits per heavy atom. The minimum Gasteiger partial charge on any atom is -0.335 e. The van der Waals surface area contributed by atoms with E-state index in [1.165, 1.54) is 59.5 Å². The predicted octanol–water partition coefficient (Wildman–Crippen LogP) is 4.20. The zero-order valence-electron chi connectivity index (χ0n) is 17.1. The molecule has 1 amide bonds. The Hall–Kier alpha value is -3.79. The van der Waals surface area contributed by atoms with Crippen LogP contribution in [-0.2, 0) is 16.6 Å². The first-order valence-electron chi connectivity index (χ1n) is 9.60. The maximum Gasteiger partial charge on any atom is 0.270 e. The topological polar surface area (TPSA) is 110 Å². The van der Waals surface area contributed by atoms with Crippen LogP contribution in [0.25, 0.3) is 0 Å². The van der Waals surface area contributed by atoms with Crippen molar-refractivity contribution in [2.24, 2.45) is 0 Å². The van der Waals surface area contributed by atoms with Gasteiger partial charge in [-0.3, -0.25) is 19.6 Å². The summed E-state index contributed by atoms with van der Waals surface area (Å²) in [5.41, 5.74) is 0.844. The lowest BCUT2D eigenvalue weighted by molar-refractivity contribution is -0.385. The summed E-state index contributed by atoms with van der Waals surface area (Å²) in [6.45, 7) is 2.43. The van der Waals surface area contributed by atoms with Crippen molar-refractivity contribution < 1.29 is 22.5 Å². The molecule has 8 nitrogen and oxygen atoms in total. The van der Waals surface area contributed by atoms with Crippen LogP contribution in [0.4, 0.5) is 15.8 Å². The Morgan fingerprint density at radius 1 is 1.06 bits per heavy atom. The first-order chi connectivity index (χ1) is 15.2. The minimum absolute atomic E-state index is 0.196. The van der Waals surface area contributed by atoms with Crippen molar-refractivity contribution in [1.29, 1.82) is 0 Å². The number of halogens is 1. The van der Waals surface area contributed by atoms with E-state index >= 15 is 0 Å². The van der Waals surface area contributed by atoms with E-state index in [1.807, 2.05) is 0 Å². The molecule has 3 rings (SSSR count). The number of carbonyl (C=O) groups is 1. The molecular formula is C22H20FN3O5S. The predicted molar refractivity (Wildman–Crippen MR) is 117 cm³/mol. The minimum atomic E-state index is -4.05. The van der Waals surface area contributed by atoms with Crippen molar-refractivity contribution in [2.75, 3.05) is 11.3 Å². The summed E-state index contributed by atoms with van der Waals surface area (Å²) in [6, 6.07) is 16.5.